The minimum atomic E-state index is 0.689. The number of hydrogen-bond donors (Lipinski definition) is 0. The molecule has 0 N–H and O–H groups in total. The maximum atomic E-state index is 6.38. The smallest absolute Gasteiger partial charge is 0.0834 e. The Morgan fingerprint density at radius 2 is 1.41 bits per heavy atom. The van der Waals surface area contributed by atoms with E-state index in [1.54, 1.807) is 0 Å². The van der Waals surface area contributed by atoms with Crippen molar-refractivity contribution in [3.05, 3.63) is 138 Å². The molecular formula is C35H32ClN3. The second-order valence-corrected chi connectivity index (χ2v) is 10.7. The lowest BCUT2D eigenvalue weighted by Gasteiger charge is -2.35. The van der Waals surface area contributed by atoms with Gasteiger partial charge in [-0.25, -0.2) is 4.68 Å². The van der Waals surface area contributed by atoms with Crippen molar-refractivity contribution in [3.8, 4) is 28.1 Å². The maximum Gasteiger partial charge on any atom is 0.0834 e. The average molecular weight is 530 g/mol. The largest absolute Gasteiger partial charge is 0.371 e. The lowest BCUT2D eigenvalue weighted by molar-refractivity contribution is 0.254. The van der Waals surface area contributed by atoms with E-state index in [-0.39, 0.29) is 0 Å². The fourth-order valence-electron chi connectivity index (χ4n) is 5.62. The summed E-state index contributed by atoms with van der Waals surface area (Å²) in [5.74, 6) is 0.704. The van der Waals surface area contributed by atoms with Crippen molar-refractivity contribution in [2.45, 2.75) is 19.3 Å². The molecule has 0 aliphatic carbocycles. The number of hydrogen-bond acceptors (Lipinski definition) is 2. The van der Waals surface area contributed by atoms with Crippen molar-refractivity contribution in [1.29, 1.82) is 0 Å². The van der Waals surface area contributed by atoms with Gasteiger partial charge in [-0.3, -0.25) is 0 Å². The maximum absolute atomic E-state index is 6.38. The molecule has 194 valence electrons. The van der Waals surface area contributed by atoms with Gasteiger partial charge in [0.05, 0.1) is 17.6 Å². The van der Waals surface area contributed by atoms with Crippen molar-refractivity contribution < 1.29 is 0 Å². The van der Waals surface area contributed by atoms with Crippen LogP contribution in [0.25, 0.3) is 33.8 Å². The molecule has 39 heavy (non-hydrogen) atoms. The van der Waals surface area contributed by atoms with Gasteiger partial charge in [-0.05, 0) is 60.1 Å². The summed E-state index contributed by atoms with van der Waals surface area (Å²) in [4.78, 5) is 2.43. The summed E-state index contributed by atoms with van der Waals surface area (Å²) in [6, 6.07) is 37.9. The van der Waals surface area contributed by atoms with Crippen LogP contribution in [-0.2, 0) is 6.42 Å². The molecule has 1 aliphatic rings. The fraction of sp³-hybridized carbons (Fsp3) is 0.171. The van der Waals surface area contributed by atoms with Crippen molar-refractivity contribution in [3.63, 3.8) is 0 Å². The zero-order chi connectivity index (χ0) is 26.6. The third kappa shape index (κ3) is 5.55. The first kappa shape index (κ1) is 25.2. The van der Waals surface area contributed by atoms with E-state index >= 15 is 0 Å². The van der Waals surface area contributed by atoms with Gasteiger partial charge in [0.25, 0.3) is 0 Å². The Morgan fingerprint density at radius 3 is 2.10 bits per heavy atom. The first-order valence-electron chi connectivity index (χ1n) is 13.6. The number of halogens is 1. The Kier molecular flexibility index (Phi) is 7.33. The number of aromatic nitrogens is 2. The first-order valence-corrected chi connectivity index (χ1v) is 14.0. The van der Waals surface area contributed by atoms with Gasteiger partial charge in [0.15, 0.2) is 0 Å². The highest BCUT2D eigenvalue weighted by Crippen LogP contribution is 2.35. The minimum absolute atomic E-state index is 0.689. The number of likely N-dealkylation sites (tertiary alicyclic amines) is 1. The molecule has 0 radical (unpaired) electrons. The summed E-state index contributed by atoms with van der Waals surface area (Å²) >= 11 is 6.38. The molecule has 1 saturated heterocycles. The summed E-state index contributed by atoms with van der Waals surface area (Å²) in [6.45, 7) is 6.59. The van der Waals surface area contributed by atoms with Gasteiger partial charge in [-0.15, -0.1) is 0 Å². The Bertz CT molecular complexity index is 1550. The number of rotatable bonds is 7. The molecule has 2 heterocycles. The van der Waals surface area contributed by atoms with Crippen molar-refractivity contribution in [2.24, 2.45) is 5.92 Å². The molecule has 3 nitrogen and oxygen atoms in total. The summed E-state index contributed by atoms with van der Waals surface area (Å²) in [5, 5.41) is 5.53. The zero-order valence-electron chi connectivity index (χ0n) is 22.0. The molecule has 5 aromatic rings. The predicted molar refractivity (Wildman–Crippen MR) is 163 cm³/mol. The van der Waals surface area contributed by atoms with Gasteiger partial charge in [0.1, 0.15) is 0 Å². The van der Waals surface area contributed by atoms with Crippen LogP contribution in [0.4, 0.5) is 0 Å². The van der Waals surface area contributed by atoms with E-state index in [2.05, 4.69) is 90.3 Å². The third-order valence-corrected chi connectivity index (χ3v) is 8.00. The summed E-state index contributed by atoms with van der Waals surface area (Å²) in [6.07, 6.45) is 5.43. The van der Waals surface area contributed by atoms with E-state index in [9.17, 15) is 0 Å². The second kappa shape index (κ2) is 11.3. The molecule has 0 spiro atoms. The number of piperidine rings is 1. The predicted octanol–water partition coefficient (Wildman–Crippen LogP) is 8.79. The molecule has 0 unspecified atom stereocenters. The van der Waals surface area contributed by atoms with Crippen LogP contribution < -0.4 is 0 Å². The molecule has 0 bridgehead atoms. The van der Waals surface area contributed by atoms with Gasteiger partial charge >= 0.3 is 0 Å². The first-order chi connectivity index (χ1) is 19.2. The van der Waals surface area contributed by atoms with Crippen LogP contribution in [0.15, 0.2) is 122 Å². The van der Waals surface area contributed by atoms with E-state index in [1.165, 1.54) is 16.7 Å². The standard InChI is InChI=1S/C35H32ClN3/c1-26(38-21-19-28(20-22-38)23-27-9-4-2-5-10-27)34-25-37-39(33-14-8-13-32(36)24-33)35(34)31-17-15-30(16-18-31)29-11-6-3-7-12-29/h2-18,24-25,28H,1,19-23H2. The van der Waals surface area contributed by atoms with Crippen molar-refractivity contribution in [2.75, 3.05) is 13.1 Å². The number of nitrogens with zero attached hydrogens (tertiary/aromatic N) is 3. The van der Waals surface area contributed by atoms with Crippen molar-refractivity contribution >= 4 is 17.3 Å². The highest BCUT2D eigenvalue weighted by Gasteiger charge is 2.25. The normalized spacial score (nSPS) is 13.9. The minimum Gasteiger partial charge on any atom is -0.371 e. The van der Waals surface area contributed by atoms with E-state index < -0.39 is 0 Å². The molecule has 6 rings (SSSR count). The molecule has 4 aromatic carbocycles. The summed E-state index contributed by atoms with van der Waals surface area (Å²) in [7, 11) is 0. The highest BCUT2D eigenvalue weighted by atomic mass is 35.5. The molecule has 4 heteroatoms. The average Bonchev–Trinajstić information content (AvgIpc) is 3.44. The molecular weight excluding hydrogens is 498 g/mol. The Balaban J connectivity index is 1.29. The van der Waals surface area contributed by atoms with Crippen LogP contribution in [0.3, 0.4) is 0 Å². The van der Waals surface area contributed by atoms with E-state index in [1.807, 2.05) is 41.2 Å². The zero-order valence-corrected chi connectivity index (χ0v) is 22.8. The summed E-state index contributed by atoms with van der Waals surface area (Å²) in [5.41, 5.74) is 8.98. The van der Waals surface area contributed by atoms with Gasteiger partial charge in [-0.2, -0.15) is 5.10 Å². The van der Waals surface area contributed by atoms with Crippen LogP contribution >= 0.6 is 11.6 Å². The Labute approximate surface area is 236 Å². The monoisotopic (exact) mass is 529 g/mol. The van der Waals surface area contributed by atoms with Gasteiger partial charge in [0.2, 0.25) is 0 Å². The Morgan fingerprint density at radius 1 is 0.769 bits per heavy atom. The molecule has 0 amide bonds. The Hall–Kier alpha value is -4.08. The van der Waals surface area contributed by atoms with Crippen LogP contribution in [0.5, 0.6) is 0 Å². The lowest BCUT2D eigenvalue weighted by Crippen LogP contribution is -2.33. The molecule has 1 aromatic heterocycles. The topological polar surface area (TPSA) is 21.1 Å². The quantitative estimate of drug-likeness (QED) is 0.210. The summed E-state index contributed by atoms with van der Waals surface area (Å²) < 4.78 is 1.99. The molecule has 0 atom stereocenters. The molecule has 1 aliphatic heterocycles. The van der Waals surface area contributed by atoms with Crippen LogP contribution in [-0.4, -0.2) is 27.8 Å². The number of benzene rings is 4. The fourth-order valence-corrected chi connectivity index (χ4v) is 5.80. The van der Waals surface area contributed by atoms with Gasteiger partial charge < -0.3 is 4.90 Å². The lowest BCUT2D eigenvalue weighted by atomic mass is 9.89. The molecule has 1 fully saturated rings. The van der Waals surface area contributed by atoms with Gasteiger partial charge in [-0.1, -0.05) is 109 Å². The van der Waals surface area contributed by atoms with E-state index in [0.717, 1.165) is 60.6 Å². The van der Waals surface area contributed by atoms with Crippen molar-refractivity contribution in [1.82, 2.24) is 14.7 Å². The molecule has 0 saturated carbocycles. The van der Waals surface area contributed by atoms with Crippen LogP contribution in [0.1, 0.15) is 24.0 Å². The van der Waals surface area contributed by atoms with Crippen LogP contribution in [0.2, 0.25) is 5.02 Å². The second-order valence-electron chi connectivity index (χ2n) is 10.3. The van der Waals surface area contributed by atoms with Gasteiger partial charge in [0, 0.05) is 34.9 Å². The third-order valence-electron chi connectivity index (χ3n) is 7.76. The van der Waals surface area contributed by atoms with Crippen LogP contribution in [0, 0.1) is 5.92 Å². The van der Waals surface area contributed by atoms with E-state index in [0.29, 0.717) is 10.9 Å². The highest BCUT2D eigenvalue weighted by molar-refractivity contribution is 6.30. The SMILES string of the molecule is C=C(c1cnn(-c2cccc(Cl)c2)c1-c1ccc(-c2ccccc2)cc1)N1CCC(Cc2ccccc2)CC1. The van der Waals surface area contributed by atoms with E-state index in [4.69, 9.17) is 16.7 Å².